The Labute approximate surface area is 112 Å². The molecular weight excluding hydrogens is 242 g/mol. The van der Waals surface area contributed by atoms with Crippen LogP contribution in [0.1, 0.15) is 12.0 Å². The van der Waals surface area contributed by atoms with Crippen LogP contribution in [0.25, 0.3) is 0 Å². The number of aromatic hydroxyl groups is 1. The van der Waals surface area contributed by atoms with E-state index in [0.717, 1.165) is 24.3 Å². The second kappa shape index (κ2) is 6.36. The Bertz CT molecular complexity index is 496. The molecule has 3 N–H and O–H groups in total. The first-order valence-corrected chi connectivity index (χ1v) is 6.99. The van der Waals surface area contributed by atoms with E-state index in [1.54, 1.807) is 12.1 Å². The van der Waals surface area contributed by atoms with Crippen molar-refractivity contribution in [3.05, 3.63) is 54.1 Å². The van der Waals surface area contributed by atoms with Gasteiger partial charge in [0.25, 0.3) is 0 Å². The van der Waals surface area contributed by atoms with Crippen molar-refractivity contribution < 1.29 is 5.11 Å². The third kappa shape index (κ3) is 4.00. The van der Waals surface area contributed by atoms with Crippen molar-refractivity contribution in [3.63, 3.8) is 0 Å². The van der Waals surface area contributed by atoms with Crippen LogP contribution in [-0.2, 0) is 6.42 Å². The van der Waals surface area contributed by atoms with Crippen molar-refractivity contribution in [2.75, 3.05) is 11.5 Å². The van der Waals surface area contributed by atoms with Gasteiger partial charge in [0, 0.05) is 10.6 Å². The minimum atomic E-state index is 0.319. The molecule has 2 nitrogen and oxygen atoms in total. The Hall–Kier alpha value is -1.61. The molecule has 0 aliphatic carbocycles. The highest BCUT2D eigenvalue weighted by molar-refractivity contribution is 7.99. The molecule has 2 rings (SSSR count). The minimum absolute atomic E-state index is 0.319. The van der Waals surface area contributed by atoms with E-state index < -0.39 is 0 Å². The van der Waals surface area contributed by atoms with Gasteiger partial charge in [0.1, 0.15) is 5.75 Å². The van der Waals surface area contributed by atoms with Crippen molar-refractivity contribution in [2.24, 2.45) is 0 Å². The monoisotopic (exact) mass is 259 g/mol. The van der Waals surface area contributed by atoms with Gasteiger partial charge in [0.15, 0.2) is 0 Å². The van der Waals surface area contributed by atoms with Gasteiger partial charge in [-0.2, -0.15) is 0 Å². The number of thioether (sulfide) groups is 1. The number of aryl methyl sites for hydroxylation is 1. The smallest absolute Gasteiger partial charge is 0.115 e. The SMILES string of the molecule is Nc1cccc(CCCSc2ccc(O)cc2)c1. The van der Waals surface area contributed by atoms with Gasteiger partial charge in [0.05, 0.1) is 0 Å². The number of hydrogen-bond acceptors (Lipinski definition) is 3. The van der Waals surface area contributed by atoms with Crippen LogP contribution in [0.2, 0.25) is 0 Å². The van der Waals surface area contributed by atoms with Gasteiger partial charge in [-0.3, -0.25) is 0 Å². The summed E-state index contributed by atoms with van der Waals surface area (Å²) in [5.74, 6) is 1.39. The quantitative estimate of drug-likeness (QED) is 0.489. The summed E-state index contributed by atoms with van der Waals surface area (Å²) in [5, 5.41) is 9.18. The van der Waals surface area contributed by atoms with E-state index in [2.05, 4.69) is 6.07 Å². The van der Waals surface area contributed by atoms with Crippen LogP contribution >= 0.6 is 11.8 Å². The Morgan fingerprint density at radius 3 is 2.56 bits per heavy atom. The highest BCUT2D eigenvalue weighted by Gasteiger charge is 1.97. The fourth-order valence-corrected chi connectivity index (χ4v) is 2.61. The summed E-state index contributed by atoms with van der Waals surface area (Å²) in [5.41, 5.74) is 7.86. The highest BCUT2D eigenvalue weighted by Crippen LogP contribution is 2.22. The van der Waals surface area contributed by atoms with Gasteiger partial charge < -0.3 is 10.8 Å². The fraction of sp³-hybridized carbons (Fsp3) is 0.200. The molecule has 2 aromatic rings. The Balaban J connectivity index is 1.74. The molecule has 0 amide bonds. The molecule has 0 saturated carbocycles. The average Bonchev–Trinajstić information content (AvgIpc) is 2.37. The van der Waals surface area contributed by atoms with Crippen molar-refractivity contribution in [1.29, 1.82) is 0 Å². The molecule has 0 saturated heterocycles. The topological polar surface area (TPSA) is 46.2 Å². The number of nitrogen functional groups attached to an aromatic ring is 1. The van der Waals surface area contributed by atoms with E-state index >= 15 is 0 Å². The largest absolute Gasteiger partial charge is 0.508 e. The lowest BCUT2D eigenvalue weighted by atomic mass is 10.1. The maximum Gasteiger partial charge on any atom is 0.115 e. The molecule has 2 aromatic carbocycles. The van der Waals surface area contributed by atoms with Gasteiger partial charge >= 0.3 is 0 Å². The van der Waals surface area contributed by atoms with E-state index in [4.69, 9.17) is 5.73 Å². The average molecular weight is 259 g/mol. The molecule has 0 heterocycles. The van der Waals surface area contributed by atoms with Crippen LogP contribution in [0.3, 0.4) is 0 Å². The zero-order valence-corrected chi connectivity index (χ0v) is 11.0. The number of benzene rings is 2. The standard InChI is InChI=1S/C15H17NOS/c16-13-5-1-3-12(11-13)4-2-10-18-15-8-6-14(17)7-9-15/h1,3,5-9,11,17H,2,4,10,16H2. The number of phenolic OH excluding ortho intramolecular Hbond substituents is 1. The number of hydrogen-bond donors (Lipinski definition) is 2. The van der Waals surface area contributed by atoms with Crippen molar-refractivity contribution >= 4 is 17.4 Å². The predicted octanol–water partition coefficient (Wildman–Crippen LogP) is 3.70. The second-order valence-corrected chi connectivity index (χ2v) is 5.36. The lowest BCUT2D eigenvalue weighted by Crippen LogP contribution is -1.90. The summed E-state index contributed by atoms with van der Waals surface area (Å²) >= 11 is 1.81. The lowest BCUT2D eigenvalue weighted by molar-refractivity contribution is 0.475. The number of nitrogens with two attached hydrogens (primary N) is 1. The Morgan fingerprint density at radius 1 is 1.06 bits per heavy atom. The molecule has 0 spiro atoms. The van der Waals surface area contributed by atoms with Crippen LogP contribution in [0, 0.1) is 0 Å². The second-order valence-electron chi connectivity index (χ2n) is 4.19. The maximum absolute atomic E-state index is 9.18. The molecule has 94 valence electrons. The first-order chi connectivity index (χ1) is 8.74. The summed E-state index contributed by atoms with van der Waals surface area (Å²) in [4.78, 5) is 1.19. The first kappa shape index (κ1) is 12.8. The van der Waals surface area contributed by atoms with Crippen LogP contribution in [-0.4, -0.2) is 10.9 Å². The number of rotatable bonds is 5. The lowest BCUT2D eigenvalue weighted by Gasteiger charge is -2.03. The van der Waals surface area contributed by atoms with E-state index in [1.165, 1.54) is 10.5 Å². The van der Waals surface area contributed by atoms with E-state index in [1.807, 2.05) is 42.1 Å². The fourth-order valence-electron chi connectivity index (χ4n) is 1.76. The predicted molar refractivity (Wildman–Crippen MR) is 78.0 cm³/mol. The normalized spacial score (nSPS) is 10.4. The van der Waals surface area contributed by atoms with Crippen molar-refractivity contribution in [2.45, 2.75) is 17.7 Å². The molecule has 0 aromatic heterocycles. The minimum Gasteiger partial charge on any atom is -0.508 e. The highest BCUT2D eigenvalue weighted by atomic mass is 32.2. The van der Waals surface area contributed by atoms with E-state index in [0.29, 0.717) is 5.75 Å². The summed E-state index contributed by atoms with van der Waals surface area (Å²) in [6.07, 6.45) is 2.17. The molecule has 3 heteroatoms. The zero-order chi connectivity index (χ0) is 12.8. The molecule has 18 heavy (non-hydrogen) atoms. The summed E-state index contributed by atoms with van der Waals surface area (Å²) < 4.78 is 0. The zero-order valence-electron chi connectivity index (χ0n) is 10.2. The number of anilines is 1. The van der Waals surface area contributed by atoms with Crippen LogP contribution in [0.4, 0.5) is 5.69 Å². The van der Waals surface area contributed by atoms with E-state index in [9.17, 15) is 5.11 Å². The molecule has 0 aliphatic heterocycles. The van der Waals surface area contributed by atoms with Crippen molar-refractivity contribution in [1.82, 2.24) is 0 Å². The molecular formula is C15H17NOS. The third-order valence-corrected chi connectivity index (χ3v) is 3.76. The molecule has 0 fully saturated rings. The first-order valence-electron chi connectivity index (χ1n) is 6.00. The van der Waals surface area contributed by atoms with E-state index in [-0.39, 0.29) is 0 Å². The van der Waals surface area contributed by atoms with Gasteiger partial charge in [-0.15, -0.1) is 11.8 Å². The third-order valence-electron chi connectivity index (χ3n) is 2.67. The van der Waals surface area contributed by atoms with Gasteiger partial charge in [0.2, 0.25) is 0 Å². The van der Waals surface area contributed by atoms with Crippen molar-refractivity contribution in [3.8, 4) is 5.75 Å². The maximum atomic E-state index is 9.18. The molecule has 0 bridgehead atoms. The summed E-state index contributed by atoms with van der Waals surface area (Å²) in [7, 11) is 0. The Morgan fingerprint density at radius 2 is 1.83 bits per heavy atom. The molecule has 0 atom stereocenters. The van der Waals surface area contributed by atoms with Gasteiger partial charge in [-0.25, -0.2) is 0 Å². The van der Waals surface area contributed by atoms with Crippen LogP contribution in [0.5, 0.6) is 5.75 Å². The van der Waals surface area contributed by atoms with Crippen LogP contribution in [0.15, 0.2) is 53.4 Å². The summed E-state index contributed by atoms with van der Waals surface area (Å²) in [6, 6.07) is 15.4. The summed E-state index contributed by atoms with van der Waals surface area (Å²) in [6.45, 7) is 0. The molecule has 0 aliphatic rings. The molecule has 0 unspecified atom stereocenters. The van der Waals surface area contributed by atoms with Crippen LogP contribution < -0.4 is 5.73 Å². The van der Waals surface area contributed by atoms with Gasteiger partial charge in [-0.1, -0.05) is 12.1 Å². The molecule has 0 radical (unpaired) electrons. The Kier molecular flexibility index (Phi) is 4.53. The van der Waals surface area contributed by atoms with Gasteiger partial charge in [-0.05, 0) is 60.6 Å². The number of phenols is 1.